The van der Waals surface area contributed by atoms with Crippen LogP contribution in [0.25, 0.3) is 32.8 Å². The normalized spacial score (nSPS) is 11.6. The lowest BCUT2D eigenvalue weighted by atomic mass is 10.0. The summed E-state index contributed by atoms with van der Waals surface area (Å²) < 4.78 is 53.1. The first-order chi connectivity index (χ1) is 17.8. The van der Waals surface area contributed by atoms with Gasteiger partial charge in [-0.25, -0.2) is 4.79 Å². The van der Waals surface area contributed by atoms with E-state index in [1.54, 1.807) is 28.8 Å². The molecule has 0 unspecified atom stereocenters. The average molecular weight is 505 g/mol. The van der Waals surface area contributed by atoms with Gasteiger partial charge in [-0.1, -0.05) is 66.7 Å². The smallest absolute Gasteiger partial charge is 0.493 e. The number of aromatic nitrogens is 1. The molecule has 1 heterocycles. The van der Waals surface area contributed by atoms with E-state index in [9.17, 15) is 23.1 Å². The zero-order chi connectivity index (χ0) is 26.0. The number of para-hydroxylation sites is 1. The van der Waals surface area contributed by atoms with E-state index in [-0.39, 0.29) is 11.4 Å². The minimum Gasteiger partial charge on any atom is -0.493 e. The molecule has 1 N–H and O–H groups in total. The number of ether oxygens (including phenoxy) is 2. The molecule has 0 amide bonds. The van der Waals surface area contributed by atoms with Crippen LogP contribution in [0.15, 0.2) is 91.0 Å². The van der Waals surface area contributed by atoms with Crippen molar-refractivity contribution in [2.24, 2.45) is 0 Å². The maximum Gasteiger partial charge on any atom is 0.512 e. The minimum absolute atomic E-state index is 0.0295. The second-order valence-corrected chi connectivity index (χ2v) is 8.47. The van der Waals surface area contributed by atoms with Gasteiger partial charge < -0.3 is 19.1 Å². The maximum absolute atomic E-state index is 13.4. The van der Waals surface area contributed by atoms with E-state index >= 15 is 0 Å². The highest BCUT2D eigenvalue weighted by Gasteiger charge is 2.31. The molecule has 0 radical (unpaired) electrons. The fourth-order valence-electron chi connectivity index (χ4n) is 4.55. The van der Waals surface area contributed by atoms with Gasteiger partial charge in [0.1, 0.15) is 5.75 Å². The van der Waals surface area contributed by atoms with Gasteiger partial charge in [0.25, 0.3) is 0 Å². The van der Waals surface area contributed by atoms with E-state index in [1.165, 1.54) is 12.1 Å². The third kappa shape index (κ3) is 4.95. The van der Waals surface area contributed by atoms with Gasteiger partial charge in [-0.2, -0.15) is 13.2 Å². The molecule has 0 aliphatic heterocycles. The number of rotatable bonds is 7. The molecule has 0 aliphatic rings. The van der Waals surface area contributed by atoms with Crippen molar-refractivity contribution in [2.45, 2.75) is 19.1 Å². The van der Waals surface area contributed by atoms with Crippen molar-refractivity contribution in [3.05, 3.63) is 96.6 Å². The maximum atomic E-state index is 13.4. The number of hydrogen-bond acceptors (Lipinski definition) is 3. The lowest BCUT2D eigenvalue weighted by Crippen LogP contribution is -2.11. The van der Waals surface area contributed by atoms with E-state index in [2.05, 4.69) is 0 Å². The Hall–Kier alpha value is -4.46. The van der Waals surface area contributed by atoms with E-state index in [0.29, 0.717) is 36.0 Å². The van der Waals surface area contributed by atoms with Crippen LogP contribution < -0.4 is 9.47 Å². The molecule has 5 aromatic rings. The monoisotopic (exact) mass is 505 g/mol. The van der Waals surface area contributed by atoms with Crippen LogP contribution in [-0.4, -0.2) is 22.4 Å². The summed E-state index contributed by atoms with van der Waals surface area (Å²) in [5.74, 6) is 0.709. The van der Waals surface area contributed by atoms with Gasteiger partial charge in [0.2, 0.25) is 5.88 Å². The third-order valence-electron chi connectivity index (χ3n) is 6.12. The number of benzene rings is 4. The number of alkyl halides is 3. The first kappa shape index (κ1) is 24.2. The van der Waals surface area contributed by atoms with Crippen LogP contribution in [0.4, 0.5) is 18.0 Å². The molecule has 0 spiro atoms. The minimum atomic E-state index is -4.54. The molecular formula is C29H22F3NO4. The first-order valence-electron chi connectivity index (χ1n) is 11.6. The van der Waals surface area contributed by atoms with Crippen LogP contribution >= 0.6 is 0 Å². The second kappa shape index (κ2) is 9.89. The Labute approximate surface area is 210 Å². The molecule has 0 bridgehead atoms. The lowest BCUT2D eigenvalue weighted by Gasteiger charge is -2.13. The highest BCUT2D eigenvalue weighted by Crippen LogP contribution is 2.42. The van der Waals surface area contributed by atoms with E-state index in [1.807, 2.05) is 42.5 Å². The second-order valence-electron chi connectivity index (χ2n) is 8.47. The van der Waals surface area contributed by atoms with Gasteiger partial charge in [-0.05, 0) is 41.6 Å². The van der Waals surface area contributed by atoms with E-state index in [0.717, 1.165) is 28.7 Å². The zero-order valence-electron chi connectivity index (χ0n) is 19.5. The summed E-state index contributed by atoms with van der Waals surface area (Å²) in [5.41, 5.74) is 0.329. The van der Waals surface area contributed by atoms with Crippen molar-refractivity contribution in [1.29, 1.82) is 0 Å². The number of aryl methyl sites for hydroxylation is 1. The molecule has 0 saturated heterocycles. The Morgan fingerprint density at radius 2 is 1.57 bits per heavy atom. The molecule has 188 valence electrons. The van der Waals surface area contributed by atoms with Gasteiger partial charge in [0.05, 0.1) is 23.3 Å². The molecule has 37 heavy (non-hydrogen) atoms. The summed E-state index contributed by atoms with van der Waals surface area (Å²) in [7, 11) is 0. The topological polar surface area (TPSA) is 60.7 Å². The molecule has 0 saturated carbocycles. The number of nitrogens with zero attached hydrogens (tertiary/aromatic N) is 1. The van der Waals surface area contributed by atoms with Crippen molar-refractivity contribution in [1.82, 2.24) is 4.57 Å². The fourth-order valence-corrected chi connectivity index (χ4v) is 4.55. The van der Waals surface area contributed by atoms with Crippen molar-refractivity contribution >= 4 is 27.8 Å². The zero-order valence-corrected chi connectivity index (χ0v) is 19.5. The van der Waals surface area contributed by atoms with E-state index in [4.69, 9.17) is 9.47 Å². The van der Waals surface area contributed by atoms with E-state index < -0.39 is 17.9 Å². The molecule has 0 fully saturated rings. The number of fused-ring (bicyclic) bond motifs is 2. The summed E-state index contributed by atoms with van der Waals surface area (Å²) >= 11 is 0. The summed E-state index contributed by atoms with van der Waals surface area (Å²) in [6.45, 7) is 0.665. The van der Waals surface area contributed by atoms with Gasteiger partial charge in [-0.15, -0.1) is 0 Å². The SMILES string of the molecule is O=C(O)Oc1c(-c2cccc(C(F)(F)F)c2)c2ccccc2n1CCCOc1cccc2ccccc12. The van der Waals surface area contributed by atoms with Crippen LogP contribution in [0.2, 0.25) is 0 Å². The van der Waals surface area contributed by atoms with Crippen LogP contribution in [0.5, 0.6) is 11.6 Å². The van der Waals surface area contributed by atoms with Crippen LogP contribution in [-0.2, 0) is 12.7 Å². The van der Waals surface area contributed by atoms with Crippen molar-refractivity contribution in [2.75, 3.05) is 6.61 Å². The number of carboxylic acid groups (broad SMARTS) is 1. The standard InChI is InChI=1S/C29H22F3NO4/c30-29(31,32)21-11-5-10-20(18-21)26-23-13-3-4-14-24(23)33(27(26)37-28(34)35)16-7-17-36-25-15-6-9-19-8-1-2-12-22(19)25/h1-6,8-15,18H,7,16-17H2,(H,34,35). The third-order valence-corrected chi connectivity index (χ3v) is 6.12. The Kier molecular flexibility index (Phi) is 6.48. The highest BCUT2D eigenvalue weighted by atomic mass is 19.4. The summed E-state index contributed by atoms with van der Waals surface area (Å²) in [5, 5.41) is 12.1. The number of halogens is 3. The molecule has 0 atom stereocenters. The number of hydrogen-bond donors (Lipinski definition) is 1. The quantitative estimate of drug-likeness (QED) is 0.180. The van der Waals surface area contributed by atoms with Gasteiger partial charge in [0.15, 0.2) is 0 Å². The molecule has 8 heteroatoms. The molecule has 0 aliphatic carbocycles. The Morgan fingerprint density at radius 1 is 0.865 bits per heavy atom. The highest BCUT2D eigenvalue weighted by molar-refractivity contribution is 6.00. The van der Waals surface area contributed by atoms with Gasteiger partial charge in [0, 0.05) is 17.3 Å². The molecular weight excluding hydrogens is 483 g/mol. The van der Waals surface area contributed by atoms with Gasteiger partial charge in [-0.3, -0.25) is 0 Å². The predicted octanol–water partition coefficient (Wildman–Crippen LogP) is 8.01. The first-order valence-corrected chi connectivity index (χ1v) is 11.6. The van der Waals surface area contributed by atoms with Crippen LogP contribution in [0, 0.1) is 0 Å². The lowest BCUT2D eigenvalue weighted by molar-refractivity contribution is -0.137. The molecule has 4 aromatic carbocycles. The predicted molar refractivity (Wildman–Crippen MR) is 135 cm³/mol. The fraction of sp³-hybridized carbons (Fsp3) is 0.138. The van der Waals surface area contributed by atoms with Gasteiger partial charge >= 0.3 is 12.3 Å². The van der Waals surface area contributed by atoms with Crippen molar-refractivity contribution in [3.63, 3.8) is 0 Å². The molecule has 5 nitrogen and oxygen atoms in total. The van der Waals surface area contributed by atoms with Crippen LogP contribution in [0.1, 0.15) is 12.0 Å². The Morgan fingerprint density at radius 3 is 2.35 bits per heavy atom. The van der Waals surface area contributed by atoms with Crippen LogP contribution in [0.3, 0.4) is 0 Å². The summed E-state index contributed by atoms with van der Waals surface area (Å²) in [4.78, 5) is 11.6. The Bertz CT molecular complexity index is 1580. The largest absolute Gasteiger partial charge is 0.512 e. The summed E-state index contributed by atoms with van der Waals surface area (Å²) in [6, 6.07) is 25.5. The molecule has 1 aromatic heterocycles. The van der Waals surface area contributed by atoms with Crippen molar-refractivity contribution < 1.29 is 32.5 Å². The average Bonchev–Trinajstić information content (AvgIpc) is 3.18. The van der Waals surface area contributed by atoms with Crippen molar-refractivity contribution in [3.8, 4) is 22.8 Å². The summed E-state index contributed by atoms with van der Waals surface area (Å²) in [6.07, 6.45) is -5.59. The Balaban J connectivity index is 1.49. The molecule has 5 rings (SSSR count). The number of carbonyl (C=O) groups is 1.